The van der Waals surface area contributed by atoms with Crippen LogP contribution in [0.1, 0.15) is 33.8 Å². The molecular weight excluding hydrogens is 593 g/mol. The molecule has 49 heavy (non-hydrogen) atoms. The highest BCUT2D eigenvalue weighted by Crippen LogP contribution is 2.56. The van der Waals surface area contributed by atoms with Crippen molar-refractivity contribution in [1.29, 1.82) is 0 Å². The monoisotopic (exact) mass is 626 g/mol. The minimum atomic E-state index is -0.418. The fourth-order valence-corrected chi connectivity index (χ4v) is 8.07. The lowest BCUT2D eigenvalue weighted by Gasteiger charge is -2.33. The lowest BCUT2D eigenvalue weighted by Crippen LogP contribution is -2.28. The molecule has 9 rings (SSSR count). The Balaban J connectivity index is 1.30. The van der Waals surface area contributed by atoms with Gasteiger partial charge in [-0.05, 0) is 111 Å². The minimum Gasteiger partial charge on any atom is -0.239 e. The lowest BCUT2D eigenvalue weighted by atomic mass is 9.67. The Labute approximate surface area is 287 Å². The van der Waals surface area contributed by atoms with Gasteiger partial charge in [0, 0.05) is 11.3 Å². The highest BCUT2D eigenvalue weighted by molar-refractivity contribution is 5.98. The molecule has 1 aliphatic carbocycles. The van der Waals surface area contributed by atoms with Crippen LogP contribution in [0.5, 0.6) is 0 Å². The van der Waals surface area contributed by atoms with Crippen molar-refractivity contribution in [2.45, 2.75) is 19.3 Å². The Bertz CT molecular complexity index is 2450. The van der Waals surface area contributed by atoms with Crippen LogP contribution in [0.2, 0.25) is 0 Å². The molecule has 2 heteroatoms. The predicted molar refractivity (Wildman–Crippen MR) is 203 cm³/mol. The van der Waals surface area contributed by atoms with Crippen molar-refractivity contribution in [3.63, 3.8) is 0 Å². The normalized spacial score (nSPS) is 12.9. The zero-order chi connectivity index (χ0) is 33.0. The van der Waals surface area contributed by atoms with E-state index < -0.39 is 5.41 Å². The number of benzene rings is 7. The largest absolute Gasteiger partial charge is 0.239 e. The second-order valence-electron chi connectivity index (χ2n) is 13.1. The molecule has 0 radical (unpaired) electrons. The van der Waals surface area contributed by atoms with Gasteiger partial charge in [0.2, 0.25) is 0 Å². The van der Waals surface area contributed by atoms with Crippen LogP contribution in [0.15, 0.2) is 170 Å². The third kappa shape index (κ3) is 4.71. The molecule has 0 unspecified atom stereocenters. The van der Waals surface area contributed by atoms with E-state index in [4.69, 9.17) is 4.98 Å². The molecule has 0 amide bonds. The molecule has 0 atom stereocenters. The SMILES string of the molecule is Cc1cc(-c2cc(-c3ccc4c(c3)-c3ccccc3C4(c3ccccc3)c3ccccc3)cc(-c3cccc4ccccc34)c2)nc(C)n1. The maximum Gasteiger partial charge on any atom is 0.126 e. The summed E-state index contributed by atoms with van der Waals surface area (Å²) < 4.78 is 0. The average Bonchev–Trinajstić information content (AvgIpc) is 3.45. The van der Waals surface area contributed by atoms with Gasteiger partial charge in [-0.15, -0.1) is 0 Å². The van der Waals surface area contributed by atoms with Crippen LogP contribution in [-0.4, -0.2) is 9.97 Å². The van der Waals surface area contributed by atoms with Gasteiger partial charge in [-0.25, -0.2) is 9.97 Å². The van der Waals surface area contributed by atoms with Crippen molar-refractivity contribution < 1.29 is 0 Å². The zero-order valence-corrected chi connectivity index (χ0v) is 27.6. The molecule has 7 aromatic carbocycles. The Kier molecular flexibility index (Phi) is 6.84. The molecule has 0 saturated heterocycles. The van der Waals surface area contributed by atoms with E-state index in [0.717, 1.165) is 28.3 Å². The first kappa shape index (κ1) is 29.1. The number of aryl methyl sites for hydroxylation is 2. The van der Waals surface area contributed by atoms with Crippen LogP contribution in [0.3, 0.4) is 0 Å². The quantitative estimate of drug-likeness (QED) is 0.190. The van der Waals surface area contributed by atoms with Gasteiger partial charge in [0.25, 0.3) is 0 Å². The van der Waals surface area contributed by atoms with E-state index in [0.29, 0.717) is 0 Å². The fraction of sp³-hybridized carbons (Fsp3) is 0.0638. The third-order valence-electron chi connectivity index (χ3n) is 10.1. The second-order valence-corrected chi connectivity index (χ2v) is 13.1. The van der Waals surface area contributed by atoms with Gasteiger partial charge in [-0.1, -0.05) is 140 Å². The van der Waals surface area contributed by atoms with Crippen molar-refractivity contribution in [3.05, 3.63) is 204 Å². The van der Waals surface area contributed by atoms with Crippen LogP contribution in [-0.2, 0) is 5.41 Å². The van der Waals surface area contributed by atoms with E-state index in [1.54, 1.807) is 0 Å². The summed E-state index contributed by atoms with van der Waals surface area (Å²) in [5, 5.41) is 2.47. The summed E-state index contributed by atoms with van der Waals surface area (Å²) in [6, 6.07) is 62.2. The van der Waals surface area contributed by atoms with Gasteiger partial charge < -0.3 is 0 Å². The average molecular weight is 627 g/mol. The van der Waals surface area contributed by atoms with Gasteiger partial charge in [0.05, 0.1) is 11.1 Å². The smallest absolute Gasteiger partial charge is 0.126 e. The van der Waals surface area contributed by atoms with Crippen molar-refractivity contribution in [1.82, 2.24) is 9.97 Å². The summed E-state index contributed by atoms with van der Waals surface area (Å²) >= 11 is 0. The molecule has 1 aliphatic rings. The summed E-state index contributed by atoms with van der Waals surface area (Å²) in [6.07, 6.45) is 0. The summed E-state index contributed by atoms with van der Waals surface area (Å²) in [6.45, 7) is 4.01. The molecule has 2 nitrogen and oxygen atoms in total. The van der Waals surface area contributed by atoms with Gasteiger partial charge in [-0.2, -0.15) is 0 Å². The number of nitrogens with zero attached hydrogens (tertiary/aromatic N) is 2. The van der Waals surface area contributed by atoms with Crippen molar-refractivity contribution in [2.75, 3.05) is 0 Å². The molecule has 0 fully saturated rings. The maximum absolute atomic E-state index is 4.90. The summed E-state index contributed by atoms with van der Waals surface area (Å²) in [7, 11) is 0. The first-order chi connectivity index (χ1) is 24.1. The standard InChI is InChI=1S/C47H34N2/c1-31-26-46(49-32(2)48-31)37-28-35(27-36(29-37)41-22-13-15-33-14-9-10-20-40(33)41)34-24-25-45-43(30-34)42-21-11-12-23-44(42)47(45,38-16-5-3-6-17-38)39-18-7-4-8-19-39/h3-30H,1-2H3. The van der Waals surface area contributed by atoms with Crippen molar-refractivity contribution in [2.24, 2.45) is 0 Å². The van der Waals surface area contributed by atoms with Gasteiger partial charge >= 0.3 is 0 Å². The molecule has 0 aliphatic heterocycles. The molecule has 0 saturated carbocycles. The van der Waals surface area contributed by atoms with E-state index >= 15 is 0 Å². The number of rotatable bonds is 5. The molecule has 8 aromatic rings. The van der Waals surface area contributed by atoms with Crippen LogP contribution < -0.4 is 0 Å². The van der Waals surface area contributed by atoms with Crippen LogP contribution >= 0.6 is 0 Å². The van der Waals surface area contributed by atoms with E-state index in [1.807, 2.05) is 13.8 Å². The van der Waals surface area contributed by atoms with E-state index in [2.05, 4.69) is 175 Å². The maximum atomic E-state index is 4.90. The summed E-state index contributed by atoms with van der Waals surface area (Å²) in [5.74, 6) is 0.777. The van der Waals surface area contributed by atoms with E-state index in [1.165, 1.54) is 60.8 Å². The zero-order valence-electron chi connectivity index (χ0n) is 27.6. The van der Waals surface area contributed by atoms with Gasteiger partial charge in [0.15, 0.2) is 0 Å². The molecule has 1 aromatic heterocycles. The fourth-order valence-electron chi connectivity index (χ4n) is 8.07. The first-order valence-corrected chi connectivity index (χ1v) is 16.9. The first-order valence-electron chi connectivity index (χ1n) is 16.9. The summed E-state index contributed by atoms with van der Waals surface area (Å²) in [4.78, 5) is 9.47. The summed E-state index contributed by atoms with van der Waals surface area (Å²) in [5.41, 5.74) is 15.0. The highest BCUT2D eigenvalue weighted by Gasteiger charge is 2.45. The number of fused-ring (bicyclic) bond motifs is 4. The molecule has 0 bridgehead atoms. The van der Waals surface area contributed by atoms with Gasteiger partial charge in [-0.3, -0.25) is 0 Å². The molecule has 0 spiro atoms. The van der Waals surface area contributed by atoms with Crippen molar-refractivity contribution >= 4 is 10.8 Å². The third-order valence-corrected chi connectivity index (χ3v) is 10.1. The van der Waals surface area contributed by atoms with Crippen molar-refractivity contribution in [3.8, 4) is 44.6 Å². The molecule has 0 N–H and O–H groups in total. The number of hydrogen-bond donors (Lipinski definition) is 0. The lowest BCUT2D eigenvalue weighted by molar-refractivity contribution is 0.768. The van der Waals surface area contributed by atoms with Gasteiger partial charge in [0.1, 0.15) is 5.82 Å². The predicted octanol–water partition coefficient (Wildman–Crippen LogP) is 11.6. The molecule has 1 heterocycles. The minimum absolute atomic E-state index is 0.418. The topological polar surface area (TPSA) is 25.8 Å². The molecule has 232 valence electrons. The number of aromatic nitrogens is 2. The second kappa shape index (κ2) is 11.5. The number of hydrogen-bond acceptors (Lipinski definition) is 2. The van der Waals surface area contributed by atoms with Crippen LogP contribution in [0.4, 0.5) is 0 Å². The molecular formula is C47H34N2. The Hall–Kier alpha value is -6.12. The Morgan fingerprint density at radius 3 is 1.80 bits per heavy atom. The van der Waals surface area contributed by atoms with E-state index in [-0.39, 0.29) is 0 Å². The van der Waals surface area contributed by atoms with Crippen LogP contribution in [0.25, 0.3) is 55.4 Å². The van der Waals surface area contributed by atoms with Crippen LogP contribution in [0, 0.1) is 13.8 Å². The Morgan fingerprint density at radius 2 is 1.02 bits per heavy atom. The highest BCUT2D eigenvalue weighted by atomic mass is 14.9. The Morgan fingerprint density at radius 1 is 0.408 bits per heavy atom. The van der Waals surface area contributed by atoms with E-state index in [9.17, 15) is 0 Å².